The zero-order chi connectivity index (χ0) is 9.19. The van der Waals surface area contributed by atoms with Crippen molar-refractivity contribution >= 4 is 30.9 Å². The fourth-order valence-corrected chi connectivity index (χ4v) is 1.11. The van der Waals surface area contributed by atoms with Crippen molar-refractivity contribution in [3.8, 4) is 5.75 Å². The summed E-state index contributed by atoms with van der Waals surface area (Å²) in [5.74, 6) is 0.0499. The number of phosphoric ester groups is 1. The van der Waals surface area contributed by atoms with Crippen LogP contribution < -0.4 is 14.3 Å². The molecule has 0 heterocycles. The van der Waals surface area contributed by atoms with Gasteiger partial charge in [0.2, 0.25) is 0 Å². The number of hydrogen-bond acceptors (Lipinski definition) is 4. The van der Waals surface area contributed by atoms with Crippen LogP contribution in [-0.2, 0) is 4.57 Å². The molecular weight excluding hydrogens is 203 g/mol. The third kappa shape index (κ3) is 5.28. The number of hydrogen-bond donors (Lipinski definition) is 0. The molecule has 0 saturated carbocycles. The molecule has 1 rings (SSSR count). The molecule has 0 N–H and O–H groups in total. The van der Waals surface area contributed by atoms with Gasteiger partial charge in [-0.25, -0.2) is 0 Å². The number of benzene rings is 1. The van der Waals surface area contributed by atoms with Crippen molar-refractivity contribution in [1.29, 1.82) is 0 Å². The largest absolute Gasteiger partial charge is 2.00 e. The Bertz CT molecular complexity index is 305. The molecule has 1 aromatic carbocycles. The van der Waals surface area contributed by atoms with Crippen LogP contribution in [0, 0.1) is 6.92 Å². The zero-order valence-electron chi connectivity index (χ0n) is 7.10. The normalized spacial score (nSPS) is 10.4. The second-order valence-electron chi connectivity index (χ2n) is 2.35. The second kappa shape index (κ2) is 4.98. The first kappa shape index (κ1) is 12.9. The van der Waals surface area contributed by atoms with Crippen LogP contribution >= 0.6 is 7.82 Å². The van der Waals surface area contributed by atoms with Gasteiger partial charge in [0.15, 0.2) is 0 Å². The van der Waals surface area contributed by atoms with E-state index in [1.54, 1.807) is 12.1 Å². The molecule has 0 radical (unpaired) electrons. The molecule has 0 fully saturated rings. The summed E-state index contributed by atoms with van der Waals surface area (Å²) in [4.78, 5) is 20.3. The molecule has 0 aliphatic rings. The van der Waals surface area contributed by atoms with Crippen molar-refractivity contribution in [3.63, 3.8) is 0 Å². The van der Waals surface area contributed by atoms with Crippen molar-refractivity contribution in [2.24, 2.45) is 0 Å². The van der Waals surface area contributed by atoms with Crippen LogP contribution in [0.3, 0.4) is 0 Å². The fraction of sp³-hybridized carbons (Fsp3) is 0.143. The molecule has 0 aliphatic heterocycles. The minimum absolute atomic E-state index is 0. The van der Waals surface area contributed by atoms with Crippen LogP contribution in [0.2, 0.25) is 0 Å². The minimum Gasteiger partial charge on any atom is -0.780 e. The average molecular weight is 210 g/mol. The van der Waals surface area contributed by atoms with Gasteiger partial charge < -0.3 is 18.9 Å². The SMILES string of the molecule is Cc1ccc(OP(=O)([O-])[O-])cc1.[Mg+2]. The first-order chi connectivity index (χ1) is 5.47. The molecular formula is C7H7MgO4P. The van der Waals surface area contributed by atoms with E-state index >= 15 is 0 Å². The summed E-state index contributed by atoms with van der Waals surface area (Å²) in [6.45, 7) is 1.85. The van der Waals surface area contributed by atoms with Crippen LogP contribution in [-0.4, -0.2) is 23.1 Å². The average Bonchev–Trinajstić information content (AvgIpc) is 1.91. The molecule has 0 saturated heterocycles. The fourth-order valence-electron chi connectivity index (χ4n) is 0.728. The maximum atomic E-state index is 10.1. The molecule has 0 aliphatic carbocycles. The first-order valence-electron chi connectivity index (χ1n) is 3.26. The summed E-state index contributed by atoms with van der Waals surface area (Å²) < 4.78 is 14.2. The Hall–Kier alpha value is -0.0638. The molecule has 13 heavy (non-hydrogen) atoms. The molecule has 0 spiro atoms. The van der Waals surface area contributed by atoms with E-state index in [-0.39, 0.29) is 28.8 Å². The van der Waals surface area contributed by atoms with Crippen LogP contribution in [0.4, 0.5) is 0 Å². The summed E-state index contributed by atoms with van der Waals surface area (Å²) in [5.41, 5.74) is 0.967. The van der Waals surface area contributed by atoms with E-state index in [1.807, 2.05) is 6.92 Å². The third-order valence-electron chi connectivity index (χ3n) is 1.24. The summed E-state index contributed by atoms with van der Waals surface area (Å²) in [6.07, 6.45) is 0. The molecule has 0 amide bonds. The monoisotopic (exact) mass is 210 g/mol. The third-order valence-corrected chi connectivity index (χ3v) is 1.67. The van der Waals surface area contributed by atoms with Gasteiger partial charge in [-0.3, -0.25) is 0 Å². The van der Waals surface area contributed by atoms with Gasteiger partial charge in [-0.05, 0) is 19.1 Å². The molecule has 0 unspecified atom stereocenters. The predicted octanol–water partition coefficient (Wildman–Crippen LogP) is -0.178. The van der Waals surface area contributed by atoms with E-state index in [0.717, 1.165) is 5.56 Å². The quantitative estimate of drug-likeness (QED) is 0.501. The Labute approximate surface area is 92.3 Å². The minimum atomic E-state index is -4.90. The summed E-state index contributed by atoms with van der Waals surface area (Å²) in [5, 5.41) is 0. The smallest absolute Gasteiger partial charge is 0.780 e. The zero-order valence-corrected chi connectivity index (χ0v) is 9.41. The van der Waals surface area contributed by atoms with Crippen molar-refractivity contribution < 1.29 is 18.9 Å². The molecule has 0 atom stereocenters. The molecule has 1 aromatic rings. The Morgan fingerprint density at radius 1 is 1.23 bits per heavy atom. The predicted molar refractivity (Wildman–Crippen MR) is 45.2 cm³/mol. The van der Waals surface area contributed by atoms with Crippen molar-refractivity contribution in [3.05, 3.63) is 29.8 Å². The van der Waals surface area contributed by atoms with E-state index in [0.29, 0.717) is 0 Å². The van der Waals surface area contributed by atoms with E-state index in [4.69, 9.17) is 0 Å². The van der Waals surface area contributed by atoms with Gasteiger partial charge in [-0.1, -0.05) is 17.7 Å². The topological polar surface area (TPSA) is 72.4 Å². The van der Waals surface area contributed by atoms with Crippen LogP contribution in [0.1, 0.15) is 5.56 Å². The Morgan fingerprint density at radius 2 is 1.69 bits per heavy atom. The molecule has 6 heteroatoms. The van der Waals surface area contributed by atoms with Crippen LogP contribution in [0.15, 0.2) is 24.3 Å². The maximum absolute atomic E-state index is 10.1. The van der Waals surface area contributed by atoms with Crippen LogP contribution in [0.25, 0.3) is 0 Å². The first-order valence-corrected chi connectivity index (χ1v) is 4.72. The van der Waals surface area contributed by atoms with Gasteiger partial charge in [-0.2, -0.15) is 0 Å². The Morgan fingerprint density at radius 3 is 2.08 bits per heavy atom. The number of aryl methyl sites for hydroxylation is 1. The van der Waals surface area contributed by atoms with Gasteiger partial charge in [0, 0.05) is 0 Å². The van der Waals surface area contributed by atoms with E-state index in [9.17, 15) is 14.4 Å². The van der Waals surface area contributed by atoms with E-state index in [1.165, 1.54) is 12.1 Å². The number of rotatable bonds is 2. The molecule has 66 valence electrons. The van der Waals surface area contributed by atoms with E-state index < -0.39 is 7.82 Å². The molecule has 4 nitrogen and oxygen atoms in total. The van der Waals surface area contributed by atoms with Crippen molar-refractivity contribution in [2.45, 2.75) is 6.92 Å². The van der Waals surface area contributed by atoms with Gasteiger partial charge in [0.05, 0.1) is 0 Å². The van der Waals surface area contributed by atoms with Crippen molar-refractivity contribution in [1.82, 2.24) is 0 Å². The Balaban J connectivity index is 0.00000144. The van der Waals surface area contributed by atoms with Gasteiger partial charge in [0.1, 0.15) is 13.6 Å². The molecule has 0 aromatic heterocycles. The van der Waals surface area contributed by atoms with Gasteiger partial charge in [-0.15, -0.1) is 0 Å². The second-order valence-corrected chi connectivity index (χ2v) is 3.43. The number of phosphoric acid groups is 1. The van der Waals surface area contributed by atoms with E-state index in [2.05, 4.69) is 4.52 Å². The van der Waals surface area contributed by atoms with Gasteiger partial charge >= 0.3 is 23.1 Å². The summed E-state index contributed by atoms with van der Waals surface area (Å²) in [6, 6.07) is 6.17. The summed E-state index contributed by atoms with van der Waals surface area (Å²) >= 11 is 0. The standard InChI is InChI=1S/C7H9O4P.Mg/c1-6-2-4-7(5-3-6)11-12(8,9)10;/h2-5H,1H3,(H2,8,9,10);/q;+2/p-2. The van der Waals surface area contributed by atoms with Gasteiger partial charge in [0.25, 0.3) is 0 Å². The summed E-state index contributed by atoms with van der Waals surface area (Å²) in [7, 11) is -4.90. The Kier molecular flexibility index (Phi) is 4.95. The van der Waals surface area contributed by atoms with Crippen LogP contribution in [0.5, 0.6) is 5.75 Å². The molecule has 0 bridgehead atoms. The van der Waals surface area contributed by atoms with Crippen molar-refractivity contribution in [2.75, 3.05) is 0 Å². The maximum Gasteiger partial charge on any atom is 2.00 e.